The van der Waals surface area contributed by atoms with Crippen molar-refractivity contribution >= 4 is 75.5 Å². The highest BCUT2D eigenvalue weighted by molar-refractivity contribution is 7.20. The fourth-order valence-electron chi connectivity index (χ4n) is 9.50. The number of rotatable bonds is 11. The van der Waals surface area contributed by atoms with E-state index < -0.39 is 16.1 Å². The molecule has 0 bridgehead atoms. The maximum absolute atomic E-state index is 9.71. The molecule has 1 N–H and O–H groups in total. The van der Waals surface area contributed by atoms with Gasteiger partial charge in [0.1, 0.15) is 0 Å². The first-order valence-electron chi connectivity index (χ1n) is 21.8. The summed E-state index contributed by atoms with van der Waals surface area (Å²) in [5.74, 6) is 0.665. The number of aliphatic imine (C=N–C) groups is 2. The quantitative estimate of drug-likeness (QED) is 0.0595. The van der Waals surface area contributed by atoms with Crippen LogP contribution in [0.15, 0.2) is 259 Å². The van der Waals surface area contributed by atoms with Gasteiger partial charge in [-0.2, -0.15) is 0 Å². The van der Waals surface area contributed by atoms with Gasteiger partial charge in [0.2, 0.25) is 0 Å². The Morgan fingerprint density at radius 2 is 0.703 bits per heavy atom. The summed E-state index contributed by atoms with van der Waals surface area (Å²) in [7, 11) is -5.58. The molecule has 0 saturated carbocycles. The molecule has 0 heterocycles. The molecule has 0 aliphatic heterocycles. The van der Waals surface area contributed by atoms with Gasteiger partial charge in [-0.05, 0) is 72.0 Å². The van der Waals surface area contributed by atoms with Gasteiger partial charge < -0.3 is 0 Å². The van der Waals surface area contributed by atoms with Crippen LogP contribution in [0.3, 0.4) is 0 Å². The molecule has 0 aliphatic carbocycles. The number of nitrogens with one attached hydrogen (secondary N) is 1. The highest BCUT2D eigenvalue weighted by Gasteiger charge is 2.42. The molecule has 0 amide bonds. The van der Waals surface area contributed by atoms with Crippen molar-refractivity contribution in [3.05, 3.63) is 277 Å². The molecule has 308 valence electrons. The minimum Gasteiger partial charge on any atom is -0.282 e. The maximum Gasteiger partial charge on any atom is 0.179 e. The zero-order chi connectivity index (χ0) is 43.8. The molecular formula is C59H49N3Si2. The molecule has 0 saturated heterocycles. The van der Waals surface area contributed by atoms with E-state index in [-0.39, 0.29) is 5.84 Å². The van der Waals surface area contributed by atoms with Crippen molar-refractivity contribution in [1.82, 2.24) is 0 Å². The molecular weight excluding hydrogens is 807 g/mol. The highest BCUT2D eigenvalue weighted by atomic mass is 28.3. The van der Waals surface area contributed by atoms with Crippen LogP contribution < -0.4 is 41.5 Å². The Bertz CT molecular complexity index is 2850. The van der Waals surface area contributed by atoms with Gasteiger partial charge in [0.05, 0.1) is 0 Å². The smallest absolute Gasteiger partial charge is 0.179 e. The molecule has 0 radical (unpaired) electrons. The summed E-state index contributed by atoms with van der Waals surface area (Å²) >= 11 is 0. The van der Waals surface area contributed by atoms with Crippen LogP contribution in [0.4, 0.5) is 0 Å². The summed E-state index contributed by atoms with van der Waals surface area (Å²) < 4.78 is 0. The minimum absolute atomic E-state index is 0.158. The molecule has 0 atom stereocenters. The Hall–Kier alpha value is -7.58. The third-order valence-corrected chi connectivity index (χ3v) is 21.9. The largest absolute Gasteiger partial charge is 0.282 e. The molecule has 9 rings (SSSR count). The summed E-state index contributed by atoms with van der Waals surface area (Å²) in [4.78, 5) is 10.4. The number of nitrogens with zero attached hydrogens (tertiary/aromatic N) is 2. The Balaban J connectivity index is 1.18. The van der Waals surface area contributed by atoms with Gasteiger partial charge in [-0.3, -0.25) is 5.41 Å². The van der Waals surface area contributed by atoms with Crippen LogP contribution in [0.2, 0.25) is 0 Å². The van der Waals surface area contributed by atoms with Crippen molar-refractivity contribution in [1.29, 1.82) is 5.41 Å². The Labute approximate surface area is 379 Å². The van der Waals surface area contributed by atoms with Crippen molar-refractivity contribution < 1.29 is 0 Å². The standard InChI is InChI=1S/C59H49N3Si2/c1-45-24-21-25-46(2)57(45)59(61-44-47-26-22-40-55(42-47)63(49-28-9-3-10-29-49,50-30-11-4-12-31-50)51-32-13-5-14-33-51)62-58(60)48-27-23-41-56(43-48)64(52-34-15-6-16-35-52,53-36-17-7-18-37-53)54-38-19-8-20-39-54/h3-44,60H,1-2H3. The molecule has 64 heavy (non-hydrogen) atoms. The number of hydrogen-bond acceptors (Lipinski definition) is 1. The van der Waals surface area contributed by atoms with Crippen LogP contribution in [0.5, 0.6) is 0 Å². The summed E-state index contributed by atoms with van der Waals surface area (Å²) in [6, 6.07) is 89.2. The summed E-state index contributed by atoms with van der Waals surface area (Å²) in [6.45, 7) is 4.19. The van der Waals surface area contributed by atoms with E-state index in [1.807, 2.05) is 12.3 Å². The van der Waals surface area contributed by atoms with E-state index >= 15 is 0 Å². The molecule has 0 fully saturated rings. The van der Waals surface area contributed by atoms with Crippen LogP contribution in [0.1, 0.15) is 27.8 Å². The van der Waals surface area contributed by atoms with E-state index in [1.54, 1.807) is 0 Å². The van der Waals surface area contributed by atoms with E-state index in [9.17, 15) is 5.41 Å². The first-order valence-corrected chi connectivity index (χ1v) is 25.8. The predicted octanol–water partition coefficient (Wildman–Crippen LogP) is 7.95. The second kappa shape index (κ2) is 18.8. The van der Waals surface area contributed by atoms with E-state index in [4.69, 9.17) is 9.98 Å². The topological polar surface area (TPSA) is 48.6 Å². The van der Waals surface area contributed by atoms with Gasteiger partial charge >= 0.3 is 0 Å². The highest BCUT2D eigenvalue weighted by Crippen LogP contribution is 2.18. The van der Waals surface area contributed by atoms with Crippen molar-refractivity contribution in [2.45, 2.75) is 13.8 Å². The molecule has 9 aromatic carbocycles. The third kappa shape index (κ3) is 7.99. The molecule has 0 unspecified atom stereocenters. The molecule has 3 nitrogen and oxygen atoms in total. The van der Waals surface area contributed by atoms with Crippen LogP contribution >= 0.6 is 0 Å². The lowest BCUT2D eigenvalue weighted by Crippen LogP contribution is -2.74. The van der Waals surface area contributed by atoms with Crippen LogP contribution in [-0.2, 0) is 0 Å². The number of aryl methyl sites for hydroxylation is 2. The summed E-state index contributed by atoms with van der Waals surface area (Å²) in [6.07, 6.45) is 1.93. The van der Waals surface area contributed by atoms with Crippen molar-refractivity contribution in [3.63, 3.8) is 0 Å². The number of benzene rings is 9. The lowest BCUT2D eigenvalue weighted by molar-refractivity contribution is 1.32. The third-order valence-electron chi connectivity index (χ3n) is 12.4. The first kappa shape index (κ1) is 41.8. The van der Waals surface area contributed by atoms with E-state index in [0.717, 1.165) is 27.8 Å². The Morgan fingerprint density at radius 3 is 1.09 bits per heavy atom. The van der Waals surface area contributed by atoms with E-state index in [2.05, 4.69) is 257 Å². The van der Waals surface area contributed by atoms with Crippen molar-refractivity contribution in [2.75, 3.05) is 0 Å². The lowest BCUT2D eigenvalue weighted by atomic mass is 10.0. The monoisotopic (exact) mass is 855 g/mol. The lowest BCUT2D eigenvalue weighted by Gasteiger charge is -2.34. The second-order valence-corrected chi connectivity index (χ2v) is 23.8. The normalized spacial score (nSPS) is 12.0. The molecule has 0 spiro atoms. The molecule has 5 heteroatoms. The zero-order valence-electron chi connectivity index (χ0n) is 36.1. The SMILES string of the molecule is Cc1cccc(C)c1C(N=Cc1cccc([Si](c2ccccc2)(c2ccccc2)c2ccccc2)c1)=NC(=N)c1cccc([Si](c2ccccc2)(c2ccccc2)c2ccccc2)c1. The average molecular weight is 856 g/mol. The first-order chi connectivity index (χ1) is 31.5. The maximum atomic E-state index is 9.71. The van der Waals surface area contributed by atoms with Crippen molar-refractivity contribution in [2.24, 2.45) is 9.98 Å². The van der Waals surface area contributed by atoms with E-state index in [0.29, 0.717) is 5.84 Å². The molecule has 0 aliphatic rings. The fourth-order valence-corrected chi connectivity index (χ4v) is 19.1. The molecule has 9 aromatic rings. The average Bonchev–Trinajstić information content (AvgIpc) is 3.36. The van der Waals surface area contributed by atoms with Gasteiger partial charge in [-0.25, -0.2) is 9.98 Å². The minimum atomic E-state index is -2.82. The van der Waals surface area contributed by atoms with Gasteiger partial charge in [-0.15, -0.1) is 0 Å². The van der Waals surface area contributed by atoms with Gasteiger partial charge in [0.25, 0.3) is 0 Å². The Morgan fingerprint density at radius 1 is 0.375 bits per heavy atom. The second-order valence-electron chi connectivity index (χ2n) is 16.2. The fraction of sp³-hybridized carbons (Fsp3) is 0.0339. The van der Waals surface area contributed by atoms with E-state index in [1.165, 1.54) is 41.5 Å². The predicted molar refractivity (Wildman–Crippen MR) is 277 cm³/mol. The van der Waals surface area contributed by atoms with Crippen LogP contribution in [-0.4, -0.2) is 34.0 Å². The summed E-state index contributed by atoms with van der Waals surface area (Å²) in [5.41, 5.74) is 4.74. The van der Waals surface area contributed by atoms with Gasteiger partial charge in [0.15, 0.2) is 27.8 Å². The zero-order valence-corrected chi connectivity index (χ0v) is 38.1. The number of hydrogen-bond donors (Lipinski definition) is 1. The summed E-state index contributed by atoms with van der Waals surface area (Å²) in [5, 5.41) is 19.9. The number of amidine groups is 2. The van der Waals surface area contributed by atoms with Crippen LogP contribution in [0, 0.1) is 19.3 Å². The molecule has 0 aromatic heterocycles. The Kier molecular flexibility index (Phi) is 12.3. The van der Waals surface area contributed by atoms with Crippen LogP contribution in [0.25, 0.3) is 0 Å². The van der Waals surface area contributed by atoms with Crippen molar-refractivity contribution in [3.8, 4) is 0 Å². The van der Waals surface area contributed by atoms with Gasteiger partial charge in [0, 0.05) is 17.3 Å². The van der Waals surface area contributed by atoms with Gasteiger partial charge in [-0.1, -0.05) is 249 Å².